The number of aliphatic hydroxyl groups excluding tert-OH is 2. The monoisotopic (exact) mass is 468 g/mol. The zero-order valence-corrected chi connectivity index (χ0v) is 18.7. The smallest absolute Gasteiger partial charge is 0.329 e. The van der Waals surface area contributed by atoms with E-state index in [9.17, 15) is 14.7 Å². The number of rotatable bonds is 8. The van der Waals surface area contributed by atoms with Crippen molar-refractivity contribution in [3.63, 3.8) is 0 Å². The first-order chi connectivity index (χ1) is 16.5. The maximum atomic E-state index is 13.3. The topological polar surface area (TPSA) is 140 Å². The lowest BCUT2D eigenvalue weighted by Gasteiger charge is -2.35. The second-order valence-electron chi connectivity index (χ2n) is 8.91. The first-order valence-electron chi connectivity index (χ1n) is 11.5. The summed E-state index contributed by atoms with van der Waals surface area (Å²) in [6.07, 6.45) is 3.57. The van der Waals surface area contributed by atoms with Crippen molar-refractivity contribution < 1.29 is 24.5 Å². The summed E-state index contributed by atoms with van der Waals surface area (Å²) in [6, 6.07) is 6.25. The average molecular weight is 469 g/mol. The van der Waals surface area contributed by atoms with E-state index in [4.69, 9.17) is 9.84 Å². The fourth-order valence-electron chi connectivity index (χ4n) is 4.23. The van der Waals surface area contributed by atoms with E-state index < -0.39 is 18.7 Å². The molecular weight excluding hydrogens is 440 g/mol. The maximum Gasteiger partial charge on any atom is 0.329 e. The Morgan fingerprint density at radius 1 is 1.24 bits per heavy atom. The third-order valence-electron chi connectivity index (χ3n) is 6.27. The highest BCUT2D eigenvalue weighted by molar-refractivity contribution is 6.05. The fraction of sp³-hybridized carbons (Fsp3) is 0.478. The number of ether oxygens (including phenoxy) is 1. The molecule has 0 aromatic carbocycles. The van der Waals surface area contributed by atoms with Crippen molar-refractivity contribution in [1.82, 2.24) is 15.3 Å². The van der Waals surface area contributed by atoms with E-state index >= 15 is 0 Å². The number of pyridine rings is 2. The molecule has 3 aliphatic rings. The molecule has 0 radical (unpaired) electrons. The molecule has 1 aliphatic carbocycles. The van der Waals surface area contributed by atoms with Crippen molar-refractivity contribution in [2.75, 3.05) is 48.0 Å². The highest BCUT2D eigenvalue weighted by atomic mass is 16.5. The highest BCUT2D eigenvalue weighted by Gasteiger charge is 2.40. The maximum absolute atomic E-state index is 13.3. The number of nitrogens with zero attached hydrogens (tertiary/aromatic N) is 4. The molecule has 34 heavy (non-hydrogen) atoms. The predicted molar refractivity (Wildman–Crippen MR) is 124 cm³/mol. The largest absolute Gasteiger partial charge is 0.491 e. The standard InChI is InChI=1S/C23H28N6O5/c30-12-16(31)13-34-17-5-7-24-20(9-17)27-23(33)29-15-6-8-28(11-15)19-4-3-18(26-21(19)29)22(32)25-10-14-1-2-14/h3-5,7,9,14-16,30-31H,1-2,6,8,10-13H2,(H,25,32)(H,24,27,33)/t15?,16-/m1/s1. The van der Waals surface area contributed by atoms with Gasteiger partial charge in [-0.2, -0.15) is 0 Å². The first-order valence-corrected chi connectivity index (χ1v) is 11.5. The Bertz CT molecular complexity index is 1080. The van der Waals surface area contributed by atoms with Crippen molar-refractivity contribution in [1.29, 1.82) is 0 Å². The molecule has 1 unspecified atom stereocenters. The molecule has 2 aliphatic heterocycles. The number of fused-ring (bicyclic) bond motifs is 4. The second-order valence-corrected chi connectivity index (χ2v) is 8.91. The Kier molecular flexibility index (Phi) is 6.20. The van der Waals surface area contributed by atoms with Crippen LogP contribution < -0.4 is 25.2 Å². The van der Waals surface area contributed by atoms with Gasteiger partial charge in [-0.25, -0.2) is 14.8 Å². The van der Waals surface area contributed by atoms with Gasteiger partial charge in [0.05, 0.1) is 18.3 Å². The van der Waals surface area contributed by atoms with Gasteiger partial charge in [-0.3, -0.25) is 15.0 Å². The Morgan fingerprint density at radius 3 is 2.88 bits per heavy atom. The van der Waals surface area contributed by atoms with Gasteiger partial charge in [0.2, 0.25) is 0 Å². The van der Waals surface area contributed by atoms with Crippen molar-refractivity contribution in [2.45, 2.75) is 31.4 Å². The molecule has 5 rings (SSSR count). The van der Waals surface area contributed by atoms with E-state index in [0.29, 0.717) is 30.6 Å². The molecule has 2 fully saturated rings. The van der Waals surface area contributed by atoms with Crippen LogP contribution in [0.25, 0.3) is 0 Å². The van der Waals surface area contributed by atoms with Gasteiger partial charge in [-0.1, -0.05) is 0 Å². The fourth-order valence-corrected chi connectivity index (χ4v) is 4.23. The van der Waals surface area contributed by atoms with Crippen LogP contribution in [0.2, 0.25) is 0 Å². The molecule has 11 heteroatoms. The van der Waals surface area contributed by atoms with Gasteiger partial charge in [-0.15, -0.1) is 0 Å². The van der Waals surface area contributed by atoms with Crippen LogP contribution in [-0.4, -0.2) is 77.1 Å². The van der Waals surface area contributed by atoms with Crippen molar-refractivity contribution in [2.24, 2.45) is 5.92 Å². The lowest BCUT2D eigenvalue weighted by molar-refractivity contribution is 0.0536. The molecule has 2 atom stereocenters. The number of anilines is 3. The van der Waals surface area contributed by atoms with Crippen molar-refractivity contribution in [3.8, 4) is 5.75 Å². The average Bonchev–Trinajstić information content (AvgIpc) is 3.60. The van der Waals surface area contributed by atoms with Gasteiger partial charge in [0.1, 0.15) is 30.0 Å². The van der Waals surface area contributed by atoms with Gasteiger partial charge in [0.25, 0.3) is 5.91 Å². The van der Waals surface area contributed by atoms with E-state index in [2.05, 4.69) is 25.5 Å². The minimum absolute atomic E-state index is 0.0658. The molecular formula is C23H28N6O5. The summed E-state index contributed by atoms with van der Waals surface area (Å²) in [6.45, 7) is 1.67. The van der Waals surface area contributed by atoms with E-state index in [1.54, 1.807) is 23.1 Å². The Balaban J connectivity index is 1.34. The van der Waals surface area contributed by atoms with E-state index in [-0.39, 0.29) is 30.1 Å². The van der Waals surface area contributed by atoms with E-state index in [1.165, 1.54) is 6.20 Å². The quantitative estimate of drug-likeness (QED) is 0.450. The molecule has 3 amide bonds. The molecule has 4 N–H and O–H groups in total. The molecule has 1 saturated carbocycles. The molecule has 0 spiro atoms. The normalized spacial score (nSPS) is 19.4. The molecule has 2 aromatic rings. The molecule has 2 aromatic heterocycles. The molecule has 11 nitrogen and oxygen atoms in total. The first kappa shape index (κ1) is 22.4. The number of carbonyl (C=O) groups is 2. The zero-order chi connectivity index (χ0) is 23.7. The minimum Gasteiger partial charge on any atom is -0.491 e. The number of aromatic nitrogens is 2. The van der Waals surface area contributed by atoms with Crippen LogP contribution in [-0.2, 0) is 0 Å². The van der Waals surface area contributed by atoms with Crippen LogP contribution in [0.1, 0.15) is 29.8 Å². The number of hydrogen-bond donors (Lipinski definition) is 4. The van der Waals surface area contributed by atoms with Gasteiger partial charge >= 0.3 is 6.03 Å². The molecule has 4 heterocycles. The third kappa shape index (κ3) is 4.75. The summed E-state index contributed by atoms with van der Waals surface area (Å²) < 4.78 is 5.44. The van der Waals surface area contributed by atoms with Crippen LogP contribution in [0, 0.1) is 5.92 Å². The summed E-state index contributed by atoms with van der Waals surface area (Å²) in [5.41, 5.74) is 1.11. The summed E-state index contributed by atoms with van der Waals surface area (Å²) >= 11 is 0. The van der Waals surface area contributed by atoms with Crippen LogP contribution in [0.5, 0.6) is 5.75 Å². The van der Waals surface area contributed by atoms with E-state index in [1.807, 2.05) is 6.07 Å². The van der Waals surface area contributed by atoms with Gasteiger partial charge < -0.3 is 25.2 Å². The lowest BCUT2D eigenvalue weighted by Crippen LogP contribution is -2.48. The number of amides is 3. The third-order valence-corrected chi connectivity index (χ3v) is 6.27. The minimum atomic E-state index is -0.997. The number of aliphatic hydroxyl groups is 2. The molecule has 2 bridgehead atoms. The van der Waals surface area contributed by atoms with Crippen molar-refractivity contribution in [3.05, 3.63) is 36.2 Å². The SMILES string of the molecule is O=C(NCC1CC1)c1ccc2c(n1)N(C(=O)Nc1cc(OC[C@H](O)CO)ccn1)C1CCN2C1. The van der Waals surface area contributed by atoms with Crippen LogP contribution in [0.15, 0.2) is 30.5 Å². The Labute approximate surface area is 196 Å². The van der Waals surface area contributed by atoms with Gasteiger partial charge in [0, 0.05) is 31.9 Å². The Morgan fingerprint density at radius 2 is 2.09 bits per heavy atom. The number of carbonyl (C=O) groups excluding carboxylic acids is 2. The van der Waals surface area contributed by atoms with Crippen LogP contribution in [0.3, 0.4) is 0 Å². The molecule has 1 saturated heterocycles. The summed E-state index contributed by atoms with van der Waals surface area (Å²) in [4.78, 5) is 38.5. The summed E-state index contributed by atoms with van der Waals surface area (Å²) in [7, 11) is 0. The number of hydrogen-bond acceptors (Lipinski definition) is 8. The highest BCUT2D eigenvalue weighted by Crippen LogP contribution is 2.39. The number of urea groups is 1. The van der Waals surface area contributed by atoms with Crippen LogP contribution in [0.4, 0.5) is 22.1 Å². The van der Waals surface area contributed by atoms with Crippen molar-refractivity contribution >= 4 is 29.3 Å². The number of nitrogens with one attached hydrogen (secondary N) is 2. The lowest BCUT2D eigenvalue weighted by atomic mass is 10.1. The van der Waals surface area contributed by atoms with Gasteiger partial charge in [-0.05, 0) is 43.4 Å². The summed E-state index contributed by atoms with van der Waals surface area (Å²) in [5, 5.41) is 24.1. The van der Waals surface area contributed by atoms with E-state index in [0.717, 1.165) is 31.5 Å². The van der Waals surface area contributed by atoms with Gasteiger partial charge in [0.15, 0.2) is 5.82 Å². The summed E-state index contributed by atoms with van der Waals surface area (Å²) in [5.74, 6) is 1.46. The molecule has 180 valence electrons. The van der Waals surface area contributed by atoms with Crippen LogP contribution >= 0.6 is 0 Å². The predicted octanol–water partition coefficient (Wildman–Crippen LogP) is 0.979. The zero-order valence-electron chi connectivity index (χ0n) is 18.7. The Hall–Kier alpha value is -3.44. The second kappa shape index (κ2) is 9.43.